The van der Waals surface area contributed by atoms with Crippen LogP contribution in [0.25, 0.3) is 0 Å². The zero-order chi connectivity index (χ0) is 31.3. The van der Waals surface area contributed by atoms with Crippen LogP contribution in [0.5, 0.6) is 40.2 Å². The second-order valence-corrected chi connectivity index (χ2v) is 11.5. The van der Waals surface area contributed by atoms with Gasteiger partial charge >= 0.3 is 0 Å². The maximum atomic E-state index is 6.49. The SMILES string of the molecule is COc1cc2c(cc1OC)[C@@H](Cc1cccc(Oc3cc(C[C@H]4NCCc5cc(OC)c(OC)cc54)ccc3OC)c1)NCC2. The molecule has 0 aliphatic carbocycles. The van der Waals surface area contributed by atoms with Crippen molar-refractivity contribution in [3.8, 4) is 40.2 Å². The van der Waals surface area contributed by atoms with Gasteiger partial charge in [0.25, 0.3) is 0 Å². The molecule has 2 N–H and O–H groups in total. The molecule has 2 heterocycles. The van der Waals surface area contributed by atoms with Gasteiger partial charge in [0.15, 0.2) is 34.5 Å². The van der Waals surface area contributed by atoms with Crippen molar-refractivity contribution in [2.45, 2.75) is 37.8 Å². The van der Waals surface area contributed by atoms with Crippen molar-refractivity contribution in [2.24, 2.45) is 0 Å². The summed E-state index contributed by atoms with van der Waals surface area (Å²) in [4.78, 5) is 0. The van der Waals surface area contributed by atoms with Crippen LogP contribution in [0.1, 0.15) is 45.5 Å². The molecule has 2 aliphatic heterocycles. The molecule has 0 amide bonds. The predicted octanol–water partition coefficient (Wildman–Crippen LogP) is 6.38. The molecule has 4 aromatic rings. The fraction of sp³-hybridized carbons (Fsp3) is 0.351. The number of ether oxygens (including phenoxy) is 6. The average Bonchev–Trinajstić information content (AvgIpc) is 3.07. The van der Waals surface area contributed by atoms with E-state index in [1.165, 1.54) is 27.8 Å². The molecule has 8 nitrogen and oxygen atoms in total. The molecule has 45 heavy (non-hydrogen) atoms. The van der Waals surface area contributed by atoms with E-state index in [0.29, 0.717) is 11.5 Å². The highest BCUT2D eigenvalue weighted by Crippen LogP contribution is 2.39. The van der Waals surface area contributed by atoms with Crippen LogP contribution in [0.4, 0.5) is 0 Å². The van der Waals surface area contributed by atoms with Gasteiger partial charge in [0.05, 0.1) is 35.5 Å². The highest BCUT2D eigenvalue weighted by atomic mass is 16.5. The van der Waals surface area contributed by atoms with Gasteiger partial charge in [0.1, 0.15) is 5.75 Å². The zero-order valence-electron chi connectivity index (χ0n) is 26.7. The summed E-state index contributed by atoms with van der Waals surface area (Å²) in [5.74, 6) is 5.18. The van der Waals surface area contributed by atoms with Crippen molar-refractivity contribution in [1.82, 2.24) is 10.6 Å². The maximum absolute atomic E-state index is 6.49. The normalized spacial score (nSPS) is 17.1. The number of benzene rings is 4. The second-order valence-electron chi connectivity index (χ2n) is 11.5. The van der Waals surface area contributed by atoms with Crippen LogP contribution in [0.2, 0.25) is 0 Å². The van der Waals surface area contributed by atoms with E-state index in [1.54, 1.807) is 35.5 Å². The Hall–Kier alpha value is -4.40. The lowest BCUT2D eigenvalue weighted by molar-refractivity contribution is 0.352. The topological polar surface area (TPSA) is 79.4 Å². The van der Waals surface area contributed by atoms with Gasteiger partial charge < -0.3 is 39.1 Å². The molecule has 0 radical (unpaired) electrons. The molecule has 4 aromatic carbocycles. The molecular weight excluding hydrogens is 568 g/mol. The van der Waals surface area contributed by atoms with E-state index in [-0.39, 0.29) is 12.1 Å². The van der Waals surface area contributed by atoms with Gasteiger partial charge in [-0.1, -0.05) is 18.2 Å². The lowest BCUT2D eigenvalue weighted by atomic mass is 9.89. The third-order valence-electron chi connectivity index (χ3n) is 8.85. The van der Waals surface area contributed by atoms with Crippen LogP contribution < -0.4 is 39.1 Å². The minimum atomic E-state index is 0.141. The number of hydrogen-bond donors (Lipinski definition) is 2. The Morgan fingerprint density at radius 1 is 0.533 bits per heavy atom. The van der Waals surface area contributed by atoms with Crippen molar-refractivity contribution < 1.29 is 28.4 Å². The van der Waals surface area contributed by atoms with E-state index in [4.69, 9.17) is 28.4 Å². The summed E-state index contributed by atoms with van der Waals surface area (Å²) >= 11 is 0. The molecule has 2 atom stereocenters. The summed E-state index contributed by atoms with van der Waals surface area (Å²) in [6, 6.07) is 23.2. The van der Waals surface area contributed by atoms with Crippen LogP contribution in [-0.2, 0) is 25.7 Å². The fourth-order valence-corrected chi connectivity index (χ4v) is 6.56. The zero-order valence-corrected chi connectivity index (χ0v) is 26.7. The Morgan fingerprint density at radius 3 is 1.58 bits per heavy atom. The van der Waals surface area contributed by atoms with Gasteiger partial charge in [-0.15, -0.1) is 0 Å². The molecule has 0 aromatic heterocycles. The number of methoxy groups -OCH3 is 5. The molecule has 2 aliphatic rings. The van der Waals surface area contributed by atoms with Gasteiger partial charge in [-0.2, -0.15) is 0 Å². The molecule has 8 heteroatoms. The van der Waals surface area contributed by atoms with E-state index in [0.717, 1.165) is 73.1 Å². The largest absolute Gasteiger partial charge is 0.493 e. The van der Waals surface area contributed by atoms with E-state index < -0.39 is 0 Å². The predicted molar refractivity (Wildman–Crippen MR) is 175 cm³/mol. The third-order valence-corrected chi connectivity index (χ3v) is 8.85. The highest BCUT2D eigenvalue weighted by Gasteiger charge is 2.25. The quantitative estimate of drug-likeness (QED) is 0.203. The van der Waals surface area contributed by atoms with Crippen molar-refractivity contribution in [3.05, 3.63) is 100 Å². The lowest BCUT2D eigenvalue weighted by Crippen LogP contribution is -2.31. The van der Waals surface area contributed by atoms with Gasteiger partial charge in [-0.25, -0.2) is 0 Å². The summed E-state index contributed by atoms with van der Waals surface area (Å²) in [6.45, 7) is 1.81. The van der Waals surface area contributed by atoms with Gasteiger partial charge in [0.2, 0.25) is 0 Å². The van der Waals surface area contributed by atoms with E-state index in [1.807, 2.05) is 18.2 Å². The Labute approximate surface area is 265 Å². The van der Waals surface area contributed by atoms with Gasteiger partial charge in [-0.3, -0.25) is 0 Å². The van der Waals surface area contributed by atoms with E-state index in [2.05, 4.69) is 59.2 Å². The molecule has 6 rings (SSSR count). The van der Waals surface area contributed by atoms with Gasteiger partial charge in [0, 0.05) is 12.1 Å². The Kier molecular flexibility index (Phi) is 9.33. The Balaban J connectivity index is 1.21. The minimum absolute atomic E-state index is 0.141. The summed E-state index contributed by atoms with van der Waals surface area (Å²) < 4.78 is 34.5. The number of fused-ring (bicyclic) bond motifs is 2. The van der Waals surface area contributed by atoms with Crippen LogP contribution in [-0.4, -0.2) is 48.6 Å². The number of hydrogen-bond acceptors (Lipinski definition) is 8. The smallest absolute Gasteiger partial charge is 0.169 e. The molecule has 0 saturated heterocycles. The Bertz CT molecular complexity index is 1650. The molecule has 0 bridgehead atoms. The first-order valence-electron chi connectivity index (χ1n) is 15.4. The van der Waals surface area contributed by atoms with Crippen LogP contribution in [0, 0.1) is 0 Å². The molecule has 236 valence electrons. The van der Waals surface area contributed by atoms with E-state index >= 15 is 0 Å². The highest BCUT2D eigenvalue weighted by molar-refractivity contribution is 5.52. The summed E-state index contributed by atoms with van der Waals surface area (Å²) in [6.07, 6.45) is 3.51. The monoisotopic (exact) mass is 610 g/mol. The van der Waals surface area contributed by atoms with Crippen LogP contribution >= 0.6 is 0 Å². The maximum Gasteiger partial charge on any atom is 0.169 e. The van der Waals surface area contributed by atoms with E-state index in [9.17, 15) is 0 Å². The molecular formula is C37H42N2O6. The lowest BCUT2D eigenvalue weighted by Gasteiger charge is -2.28. The average molecular weight is 611 g/mol. The Morgan fingerprint density at radius 2 is 1.04 bits per heavy atom. The summed E-state index contributed by atoms with van der Waals surface area (Å²) in [5.41, 5.74) is 7.38. The summed E-state index contributed by atoms with van der Waals surface area (Å²) in [5, 5.41) is 7.38. The summed E-state index contributed by atoms with van der Waals surface area (Å²) in [7, 11) is 8.39. The van der Waals surface area contributed by atoms with Crippen molar-refractivity contribution >= 4 is 0 Å². The molecule has 0 spiro atoms. The second kappa shape index (κ2) is 13.7. The van der Waals surface area contributed by atoms with Crippen LogP contribution in [0.15, 0.2) is 66.7 Å². The standard InChI is InChI=1S/C37H42N2O6/c1-40-32-10-9-24(17-31-29-22-36(44-5)34(42-3)20-26(29)12-14-39-31)18-37(32)45-27-8-6-7-23(15-27)16-30-28-21-35(43-4)33(41-2)19-25(28)11-13-38-30/h6-10,15,18-22,30-31,38-39H,11-14,16-17H2,1-5H3/t30-,31-/m1/s1. The minimum Gasteiger partial charge on any atom is -0.493 e. The number of rotatable bonds is 11. The fourth-order valence-electron chi connectivity index (χ4n) is 6.56. The molecule has 0 unspecified atom stereocenters. The first-order valence-corrected chi connectivity index (χ1v) is 15.4. The van der Waals surface area contributed by atoms with Crippen molar-refractivity contribution in [1.29, 1.82) is 0 Å². The first-order chi connectivity index (χ1) is 22.0. The van der Waals surface area contributed by atoms with Crippen LogP contribution in [0.3, 0.4) is 0 Å². The van der Waals surface area contributed by atoms with Crippen molar-refractivity contribution in [3.63, 3.8) is 0 Å². The van der Waals surface area contributed by atoms with Crippen molar-refractivity contribution in [2.75, 3.05) is 48.6 Å². The van der Waals surface area contributed by atoms with Gasteiger partial charge in [-0.05, 0) is 121 Å². The first kappa shape index (κ1) is 30.6. The molecule has 0 saturated carbocycles. The molecule has 0 fully saturated rings. The third kappa shape index (κ3) is 6.53. The number of nitrogens with one attached hydrogen (secondary N) is 2.